The highest BCUT2D eigenvalue weighted by Gasteiger charge is 2.16. The van der Waals surface area contributed by atoms with Crippen molar-refractivity contribution in [2.45, 2.75) is 25.9 Å². The molecule has 7 heteroatoms. The zero-order valence-corrected chi connectivity index (χ0v) is 15.9. The molecule has 0 aliphatic carbocycles. The van der Waals surface area contributed by atoms with Crippen molar-refractivity contribution in [3.05, 3.63) is 48.5 Å². The van der Waals surface area contributed by atoms with Crippen LogP contribution in [0, 0.1) is 0 Å². The first kappa shape index (κ1) is 19.7. The number of anilines is 3. The second kappa shape index (κ2) is 9.75. The fraction of sp³-hybridized carbons (Fsp3) is 0.333. The van der Waals surface area contributed by atoms with Gasteiger partial charge < -0.3 is 25.4 Å². The molecule has 7 nitrogen and oxygen atoms in total. The molecule has 3 N–H and O–H groups in total. The van der Waals surface area contributed by atoms with Gasteiger partial charge in [0.05, 0.1) is 18.3 Å². The van der Waals surface area contributed by atoms with Crippen LogP contribution in [0.15, 0.2) is 48.5 Å². The van der Waals surface area contributed by atoms with Crippen LogP contribution in [0.4, 0.5) is 17.1 Å². The van der Waals surface area contributed by atoms with Crippen LogP contribution in [-0.4, -0.2) is 37.7 Å². The van der Waals surface area contributed by atoms with Crippen molar-refractivity contribution in [2.24, 2.45) is 0 Å². The van der Waals surface area contributed by atoms with Gasteiger partial charge >= 0.3 is 0 Å². The van der Waals surface area contributed by atoms with Crippen LogP contribution in [0.1, 0.15) is 19.8 Å². The maximum Gasteiger partial charge on any atom is 0.243 e. The summed E-state index contributed by atoms with van der Waals surface area (Å²) in [6.45, 7) is 2.82. The lowest BCUT2D eigenvalue weighted by Gasteiger charge is -2.15. The number of rotatable bonds is 8. The van der Waals surface area contributed by atoms with E-state index in [1.165, 1.54) is 6.92 Å². The molecule has 2 aromatic carbocycles. The van der Waals surface area contributed by atoms with Gasteiger partial charge in [-0.2, -0.15) is 0 Å². The molecule has 0 spiro atoms. The molecule has 3 rings (SSSR count). The Labute approximate surface area is 164 Å². The van der Waals surface area contributed by atoms with Gasteiger partial charge in [0, 0.05) is 24.9 Å². The summed E-state index contributed by atoms with van der Waals surface area (Å²) in [6, 6.07) is 14.5. The molecule has 28 heavy (non-hydrogen) atoms. The van der Waals surface area contributed by atoms with Gasteiger partial charge in [-0.05, 0) is 43.2 Å². The molecule has 0 bridgehead atoms. The Hall–Kier alpha value is -3.06. The summed E-state index contributed by atoms with van der Waals surface area (Å²) >= 11 is 0. The van der Waals surface area contributed by atoms with Crippen LogP contribution in [0.25, 0.3) is 0 Å². The number of ether oxygens (including phenoxy) is 2. The zero-order chi connectivity index (χ0) is 19.8. The van der Waals surface area contributed by atoms with Crippen molar-refractivity contribution in [1.29, 1.82) is 0 Å². The number of benzene rings is 2. The van der Waals surface area contributed by atoms with Gasteiger partial charge in [-0.1, -0.05) is 18.2 Å². The highest BCUT2D eigenvalue weighted by molar-refractivity contribution is 5.95. The normalized spacial score (nSPS) is 15.7. The molecule has 1 heterocycles. The van der Waals surface area contributed by atoms with E-state index in [9.17, 15) is 9.59 Å². The zero-order valence-electron chi connectivity index (χ0n) is 15.9. The molecule has 1 fully saturated rings. The number of hydrogen-bond donors (Lipinski definition) is 3. The Morgan fingerprint density at radius 1 is 1.11 bits per heavy atom. The highest BCUT2D eigenvalue weighted by atomic mass is 16.5. The van der Waals surface area contributed by atoms with E-state index in [2.05, 4.69) is 16.0 Å². The van der Waals surface area contributed by atoms with Crippen molar-refractivity contribution in [3.63, 3.8) is 0 Å². The van der Waals surface area contributed by atoms with E-state index < -0.39 is 0 Å². The van der Waals surface area contributed by atoms with Crippen LogP contribution in [0.2, 0.25) is 0 Å². The van der Waals surface area contributed by atoms with Crippen molar-refractivity contribution in [3.8, 4) is 5.75 Å². The Morgan fingerprint density at radius 3 is 2.64 bits per heavy atom. The van der Waals surface area contributed by atoms with Crippen LogP contribution >= 0.6 is 0 Å². The number of nitrogens with one attached hydrogen (secondary N) is 3. The van der Waals surface area contributed by atoms with Crippen LogP contribution in [-0.2, 0) is 14.3 Å². The van der Waals surface area contributed by atoms with Crippen molar-refractivity contribution < 1.29 is 19.1 Å². The van der Waals surface area contributed by atoms with Gasteiger partial charge in [0.2, 0.25) is 11.8 Å². The van der Waals surface area contributed by atoms with E-state index in [1.807, 2.05) is 24.3 Å². The minimum atomic E-state index is -0.200. The minimum Gasteiger partial charge on any atom is -0.489 e. The third-order valence-corrected chi connectivity index (χ3v) is 4.24. The highest BCUT2D eigenvalue weighted by Crippen LogP contribution is 2.25. The van der Waals surface area contributed by atoms with E-state index in [-0.39, 0.29) is 24.5 Å². The predicted molar refractivity (Wildman–Crippen MR) is 109 cm³/mol. The van der Waals surface area contributed by atoms with Crippen LogP contribution in [0.5, 0.6) is 5.75 Å². The summed E-state index contributed by atoms with van der Waals surface area (Å²) in [5, 5.41) is 8.60. The van der Waals surface area contributed by atoms with E-state index >= 15 is 0 Å². The average molecular weight is 383 g/mol. The van der Waals surface area contributed by atoms with Crippen molar-refractivity contribution in [1.82, 2.24) is 0 Å². The Balaban J connectivity index is 1.52. The van der Waals surface area contributed by atoms with E-state index in [0.29, 0.717) is 23.7 Å². The summed E-state index contributed by atoms with van der Waals surface area (Å²) in [4.78, 5) is 23.4. The summed E-state index contributed by atoms with van der Waals surface area (Å²) in [7, 11) is 0. The fourth-order valence-corrected chi connectivity index (χ4v) is 2.96. The first-order valence-corrected chi connectivity index (χ1v) is 9.35. The molecule has 1 atom stereocenters. The number of carbonyl (C=O) groups excluding carboxylic acids is 2. The molecular formula is C21H25N3O4. The molecule has 1 aliphatic heterocycles. The number of amides is 2. The molecule has 0 aromatic heterocycles. The second-order valence-electron chi connectivity index (χ2n) is 6.61. The summed E-state index contributed by atoms with van der Waals surface area (Å²) < 4.78 is 11.4. The van der Waals surface area contributed by atoms with Crippen LogP contribution < -0.4 is 20.7 Å². The quantitative estimate of drug-likeness (QED) is 0.651. The standard InChI is InChI=1S/C21H25N3O4/c1-15(25)23-16-6-4-7-17(12-16)24-21(26)13-22-19-9-2-3-10-20(19)28-14-18-8-5-11-27-18/h2-4,6-7,9-10,12,18,22H,5,8,11,13-14H2,1H3,(H,23,25)(H,24,26). The van der Waals surface area contributed by atoms with Gasteiger partial charge in [0.15, 0.2) is 0 Å². The van der Waals surface area contributed by atoms with Gasteiger partial charge in [0.25, 0.3) is 0 Å². The smallest absolute Gasteiger partial charge is 0.243 e. The topological polar surface area (TPSA) is 88.7 Å². The average Bonchev–Trinajstić information content (AvgIpc) is 3.19. The molecular weight excluding hydrogens is 358 g/mol. The van der Waals surface area contributed by atoms with E-state index in [1.54, 1.807) is 24.3 Å². The summed E-state index contributed by atoms with van der Waals surface area (Å²) in [6.07, 6.45) is 2.21. The Morgan fingerprint density at radius 2 is 1.89 bits per heavy atom. The third kappa shape index (κ3) is 5.99. The lowest BCUT2D eigenvalue weighted by molar-refractivity contribution is -0.115. The third-order valence-electron chi connectivity index (χ3n) is 4.24. The van der Waals surface area contributed by atoms with Gasteiger partial charge in [0.1, 0.15) is 12.4 Å². The summed E-state index contributed by atoms with van der Waals surface area (Å²) in [5.41, 5.74) is 2.00. The van der Waals surface area contributed by atoms with Gasteiger partial charge in [-0.25, -0.2) is 0 Å². The number of carbonyl (C=O) groups is 2. The maximum absolute atomic E-state index is 12.3. The SMILES string of the molecule is CC(=O)Nc1cccc(NC(=O)CNc2ccccc2OCC2CCCO2)c1. The molecule has 0 radical (unpaired) electrons. The molecule has 2 amide bonds. The number of hydrogen-bond acceptors (Lipinski definition) is 5. The van der Waals surface area contributed by atoms with Gasteiger partial charge in [-0.3, -0.25) is 9.59 Å². The van der Waals surface area contributed by atoms with E-state index in [4.69, 9.17) is 9.47 Å². The van der Waals surface area contributed by atoms with E-state index in [0.717, 1.165) is 25.1 Å². The first-order valence-electron chi connectivity index (χ1n) is 9.35. The maximum atomic E-state index is 12.3. The molecule has 1 saturated heterocycles. The summed E-state index contributed by atoms with van der Waals surface area (Å²) in [5.74, 6) is 0.331. The molecule has 0 saturated carbocycles. The lowest BCUT2D eigenvalue weighted by Crippen LogP contribution is -2.22. The van der Waals surface area contributed by atoms with Crippen molar-refractivity contribution >= 4 is 28.9 Å². The number of para-hydroxylation sites is 2. The Bertz CT molecular complexity index is 819. The van der Waals surface area contributed by atoms with Gasteiger partial charge in [-0.15, -0.1) is 0 Å². The molecule has 2 aromatic rings. The molecule has 1 unspecified atom stereocenters. The van der Waals surface area contributed by atoms with Crippen molar-refractivity contribution in [2.75, 3.05) is 35.7 Å². The first-order chi connectivity index (χ1) is 13.6. The molecule has 148 valence electrons. The predicted octanol–water partition coefficient (Wildman–Crippen LogP) is 3.25. The minimum absolute atomic E-state index is 0.0880. The fourth-order valence-electron chi connectivity index (χ4n) is 2.96. The molecule has 1 aliphatic rings. The largest absolute Gasteiger partial charge is 0.489 e. The monoisotopic (exact) mass is 383 g/mol. The Kier molecular flexibility index (Phi) is 6.86. The van der Waals surface area contributed by atoms with Crippen LogP contribution in [0.3, 0.4) is 0 Å². The lowest BCUT2D eigenvalue weighted by atomic mass is 10.2. The second-order valence-corrected chi connectivity index (χ2v) is 6.61.